The minimum Gasteiger partial charge on any atom is -0.463 e. The largest absolute Gasteiger partial charge is 0.463 e. The summed E-state index contributed by atoms with van der Waals surface area (Å²) in [5.41, 5.74) is 0. The molecule has 9 heteroatoms. The van der Waals surface area contributed by atoms with Gasteiger partial charge in [0.05, 0.1) is 0 Å². The highest BCUT2D eigenvalue weighted by molar-refractivity contribution is 7.11. The third kappa shape index (κ3) is 3.16. The van der Waals surface area contributed by atoms with Crippen LogP contribution in [0.5, 0.6) is 5.19 Å². The molecule has 15 heavy (non-hydrogen) atoms. The Labute approximate surface area is 89.6 Å². The van der Waals surface area contributed by atoms with E-state index in [0.717, 1.165) is 11.3 Å². The Morgan fingerprint density at radius 3 is 2.33 bits per heavy atom. The van der Waals surface area contributed by atoms with Gasteiger partial charge in [0.15, 0.2) is 6.61 Å². The fourth-order valence-electron chi connectivity index (χ4n) is 0.539. The number of rotatable bonds is 3. The molecule has 0 fully saturated rings. The molecule has 0 amide bonds. The van der Waals surface area contributed by atoms with Crippen LogP contribution in [0.3, 0.4) is 0 Å². The van der Waals surface area contributed by atoms with Crippen LogP contribution in [0.1, 0.15) is 0 Å². The van der Waals surface area contributed by atoms with E-state index >= 15 is 0 Å². The monoisotopic (exact) mass is 267 g/mol. The first-order valence-electron chi connectivity index (χ1n) is 3.41. The van der Waals surface area contributed by atoms with Gasteiger partial charge >= 0.3 is 12.1 Å². The second-order valence-corrected chi connectivity index (χ2v) is 3.63. The van der Waals surface area contributed by atoms with Gasteiger partial charge < -0.3 is 4.74 Å². The standard InChI is InChI=1S/C6H3ClF5NOS/c7-3-1-15-4(13-3)14-2-5(8,9)6(10,11)12/h1H,2H2. The molecule has 0 unspecified atom stereocenters. The van der Waals surface area contributed by atoms with E-state index in [2.05, 4.69) is 9.72 Å². The molecule has 0 aromatic carbocycles. The lowest BCUT2D eigenvalue weighted by molar-refractivity contribution is -0.290. The first-order chi connectivity index (χ1) is 6.72. The van der Waals surface area contributed by atoms with Gasteiger partial charge in [0.2, 0.25) is 0 Å². The maximum Gasteiger partial charge on any atom is 0.456 e. The molecule has 0 N–H and O–H groups in total. The SMILES string of the molecule is FC(F)(F)C(F)(F)COc1nc(Cl)cs1. The van der Waals surface area contributed by atoms with Gasteiger partial charge in [-0.05, 0) is 0 Å². The fourth-order valence-corrected chi connectivity index (χ4v) is 1.33. The van der Waals surface area contributed by atoms with Gasteiger partial charge in [-0.25, -0.2) is 0 Å². The summed E-state index contributed by atoms with van der Waals surface area (Å²) in [6.07, 6.45) is -5.63. The highest BCUT2D eigenvalue weighted by Gasteiger charge is 2.58. The zero-order valence-corrected chi connectivity index (χ0v) is 8.39. The van der Waals surface area contributed by atoms with E-state index in [1.165, 1.54) is 5.38 Å². The zero-order chi connectivity index (χ0) is 11.7. The molecule has 1 rings (SSSR count). The van der Waals surface area contributed by atoms with Gasteiger partial charge in [-0.3, -0.25) is 0 Å². The molecule has 0 spiro atoms. The van der Waals surface area contributed by atoms with Crippen molar-refractivity contribution in [1.29, 1.82) is 0 Å². The molecule has 0 aliphatic rings. The van der Waals surface area contributed by atoms with Gasteiger partial charge in [-0.1, -0.05) is 22.9 Å². The van der Waals surface area contributed by atoms with Crippen molar-refractivity contribution >= 4 is 22.9 Å². The van der Waals surface area contributed by atoms with Gasteiger partial charge in [0.1, 0.15) is 5.15 Å². The van der Waals surface area contributed by atoms with E-state index in [-0.39, 0.29) is 10.3 Å². The van der Waals surface area contributed by atoms with E-state index in [1.54, 1.807) is 0 Å². The van der Waals surface area contributed by atoms with Crippen LogP contribution in [0.2, 0.25) is 5.15 Å². The third-order valence-electron chi connectivity index (χ3n) is 1.25. The lowest BCUT2D eigenvalue weighted by Gasteiger charge is -2.18. The van der Waals surface area contributed by atoms with E-state index in [1.807, 2.05) is 0 Å². The molecule has 86 valence electrons. The number of halogens is 6. The van der Waals surface area contributed by atoms with E-state index < -0.39 is 18.7 Å². The van der Waals surface area contributed by atoms with Crippen molar-refractivity contribution in [3.8, 4) is 5.19 Å². The molecule has 2 nitrogen and oxygen atoms in total. The number of hydrogen-bond donors (Lipinski definition) is 0. The summed E-state index contributed by atoms with van der Waals surface area (Å²) >= 11 is 6.04. The Hall–Kier alpha value is -0.630. The van der Waals surface area contributed by atoms with E-state index in [9.17, 15) is 22.0 Å². The minimum absolute atomic E-state index is 0.0228. The Kier molecular flexibility index (Phi) is 3.39. The smallest absolute Gasteiger partial charge is 0.456 e. The summed E-state index contributed by atoms with van der Waals surface area (Å²) < 4.78 is 63.8. The fraction of sp³-hybridized carbons (Fsp3) is 0.500. The summed E-state index contributed by atoms with van der Waals surface area (Å²) in [4.78, 5) is 3.36. The number of thiazole rings is 1. The molecular formula is C6H3ClF5NOS. The molecule has 0 aliphatic heterocycles. The molecule has 0 aliphatic carbocycles. The number of alkyl halides is 5. The Bertz CT molecular complexity index is 339. The van der Waals surface area contributed by atoms with Crippen molar-refractivity contribution < 1.29 is 26.7 Å². The van der Waals surface area contributed by atoms with Crippen molar-refractivity contribution in [3.05, 3.63) is 10.5 Å². The van der Waals surface area contributed by atoms with Crippen LogP contribution in [-0.4, -0.2) is 23.7 Å². The summed E-state index contributed by atoms with van der Waals surface area (Å²) in [5, 5.41) is 0.900. The Balaban J connectivity index is 2.57. The van der Waals surface area contributed by atoms with Crippen molar-refractivity contribution in [2.24, 2.45) is 0 Å². The molecule has 1 aromatic rings. The molecule has 1 heterocycles. The zero-order valence-electron chi connectivity index (χ0n) is 6.82. The summed E-state index contributed by atoms with van der Waals surface area (Å²) in [6, 6.07) is 0. The average Bonchev–Trinajstić information content (AvgIpc) is 2.46. The predicted octanol–water partition coefficient (Wildman–Crippen LogP) is 3.37. The van der Waals surface area contributed by atoms with Crippen molar-refractivity contribution in [3.63, 3.8) is 0 Å². The molecule has 0 bridgehead atoms. The van der Waals surface area contributed by atoms with Gasteiger partial charge in [0, 0.05) is 5.38 Å². The second-order valence-electron chi connectivity index (χ2n) is 2.43. The van der Waals surface area contributed by atoms with Crippen LogP contribution in [0.4, 0.5) is 22.0 Å². The Morgan fingerprint density at radius 1 is 1.33 bits per heavy atom. The van der Waals surface area contributed by atoms with Crippen LogP contribution in [0, 0.1) is 0 Å². The number of hydrogen-bond acceptors (Lipinski definition) is 3. The molecule has 0 saturated carbocycles. The summed E-state index contributed by atoms with van der Waals surface area (Å²) in [6.45, 7) is -1.81. The van der Waals surface area contributed by atoms with Crippen LogP contribution >= 0.6 is 22.9 Å². The maximum atomic E-state index is 12.3. The van der Waals surface area contributed by atoms with E-state index in [4.69, 9.17) is 11.6 Å². The first kappa shape index (κ1) is 12.4. The lowest BCUT2D eigenvalue weighted by Crippen LogP contribution is -2.41. The molecule has 0 atom stereocenters. The molecule has 0 radical (unpaired) electrons. The maximum absolute atomic E-state index is 12.3. The van der Waals surface area contributed by atoms with Crippen molar-refractivity contribution in [2.45, 2.75) is 12.1 Å². The topological polar surface area (TPSA) is 22.1 Å². The van der Waals surface area contributed by atoms with Gasteiger partial charge in [-0.15, -0.1) is 0 Å². The normalized spacial score (nSPS) is 12.9. The Morgan fingerprint density at radius 2 is 1.93 bits per heavy atom. The second kappa shape index (κ2) is 4.09. The summed E-state index contributed by atoms with van der Waals surface area (Å²) in [5.74, 6) is -4.90. The van der Waals surface area contributed by atoms with Gasteiger partial charge in [-0.2, -0.15) is 26.9 Å². The first-order valence-corrected chi connectivity index (χ1v) is 4.66. The van der Waals surface area contributed by atoms with Crippen LogP contribution in [-0.2, 0) is 0 Å². The van der Waals surface area contributed by atoms with Crippen LogP contribution in [0.15, 0.2) is 5.38 Å². The molecule has 0 saturated heterocycles. The van der Waals surface area contributed by atoms with Crippen molar-refractivity contribution in [1.82, 2.24) is 4.98 Å². The van der Waals surface area contributed by atoms with Crippen molar-refractivity contribution in [2.75, 3.05) is 6.61 Å². The quantitative estimate of drug-likeness (QED) is 0.784. The predicted molar refractivity (Wildman–Crippen MR) is 43.6 cm³/mol. The number of aromatic nitrogens is 1. The lowest BCUT2D eigenvalue weighted by atomic mass is 10.3. The molecular weight excluding hydrogens is 265 g/mol. The average molecular weight is 268 g/mol. The van der Waals surface area contributed by atoms with Gasteiger partial charge in [0.25, 0.3) is 5.19 Å². The summed E-state index contributed by atoms with van der Waals surface area (Å²) in [7, 11) is 0. The molecule has 1 aromatic heterocycles. The highest BCUT2D eigenvalue weighted by atomic mass is 35.5. The minimum atomic E-state index is -5.63. The van der Waals surface area contributed by atoms with Crippen LogP contribution in [0.25, 0.3) is 0 Å². The van der Waals surface area contributed by atoms with Crippen LogP contribution < -0.4 is 4.74 Å². The number of nitrogens with zero attached hydrogens (tertiary/aromatic N) is 1. The third-order valence-corrected chi connectivity index (χ3v) is 2.32. The number of ether oxygens (including phenoxy) is 1. The highest BCUT2D eigenvalue weighted by Crippen LogP contribution is 2.36. The van der Waals surface area contributed by atoms with E-state index in [0.29, 0.717) is 0 Å².